The number of ether oxygens (including phenoxy) is 3. The first kappa shape index (κ1) is 20.7. The van der Waals surface area contributed by atoms with Crippen LogP contribution in [0.2, 0.25) is 0 Å². The minimum absolute atomic E-state index is 0.388. The third kappa shape index (κ3) is 4.02. The first-order valence-electron chi connectivity index (χ1n) is 10.2. The largest absolute Gasteiger partial charge is 0.493 e. The van der Waals surface area contributed by atoms with Gasteiger partial charge in [-0.15, -0.1) is 11.3 Å². The van der Waals surface area contributed by atoms with Gasteiger partial charge in [0.05, 0.1) is 32.0 Å². The molecule has 1 aliphatic heterocycles. The highest BCUT2D eigenvalue weighted by Crippen LogP contribution is 2.41. The minimum Gasteiger partial charge on any atom is -0.493 e. The molecule has 0 amide bonds. The summed E-state index contributed by atoms with van der Waals surface area (Å²) in [7, 11) is 2.97. The van der Waals surface area contributed by atoms with Gasteiger partial charge in [0.1, 0.15) is 4.88 Å². The molecule has 7 nitrogen and oxygen atoms in total. The monoisotopic (exact) mass is 429 g/mol. The molecule has 2 N–H and O–H groups in total. The van der Waals surface area contributed by atoms with E-state index in [-0.39, 0.29) is 0 Å². The van der Waals surface area contributed by atoms with Crippen molar-refractivity contribution in [2.24, 2.45) is 0 Å². The fraction of sp³-hybridized carbons (Fsp3) is 0.455. The molecule has 0 spiro atoms. The molecule has 1 fully saturated rings. The number of nitrogen functional groups attached to an aromatic ring is 1. The van der Waals surface area contributed by atoms with Crippen molar-refractivity contribution >= 4 is 44.0 Å². The average molecular weight is 430 g/mol. The first-order valence-corrected chi connectivity index (χ1v) is 11.1. The number of pyridine rings is 1. The van der Waals surface area contributed by atoms with Crippen LogP contribution in [0.25, 0.3) is 21.0 Å². The van der Waals surface area contributed by atoms with Crippen LogP contribution in [0.15, 0.2) is 18.3 Å². The lowest BCUT2D eigenvalue weighted by Crippen LogP contribution is -2.31. The maximum atomic E-state index is 12.0. The number of nitrogens with zero attached hydrogens (tertiary/aromatic N) is 2. The summed E-state index contributed by atoms with van der Waals surface area (Å²) >= 11 is 1.31. The maximum Gasteiger partial charge on any atom is 0.350 e. The lowest BCUT2D eigenvalue weighted by molar-refractivity contribution is 0.0607. The van der Waals surface area contributed by atoms with Crippen molar-refractivity contribution in [2.75, 3.05) is 46.2 Å². The third-order valence-electron chi connectivity index (χ3n) is 5.54. The van der Waals surface area contributed by atoms with Crippen molar-refractivity contribution in [3.05, 3.63) is 23.2 Å². The summed E-state index contributed by atoms with van der Waals surface area (Å²) in [6.45, 7) is 4.06. The van der Waals surface area contributed by atoms with E-state index in [1.54, 1.807) is 13.3 Å². The number of fused-ring (bicyclic) bond motifs is 3. The Hall–Kier alpha value is -2.58. The number of hydrogen-bond acceptors (Lipinski definition) is 8. The predicted octanol–water partition coefficient (Wildman–Crippen LogP) is 4.08. The molecule has 0 aliphatic carbocycles. The summed E-state index contributed by atoms with van der Waals surface area (Å²) < 4.78 is 17.3. The molecular formula is C22H27N3O4S. The summed E-state index contributed by atoms with van der Waals surface area (Å²) in [4.78, 5) is 19.4. The standard InChI is InChI=1S/C22H27N3O4S/c1-27-17-11-14-16(12-18(17)29-10-6-9-25-7-4-3-5-8-25)24-13-15-19(23)21(22(26)28-2)30-20(14)15/h11-13H,3-10,23H2,1-2H3. The van der Waals surface area contributed by atoms with Crippen molar-refractivity contribution in [1.29, 1.82) is 0 Å². The van der Waals surface area contributed by atoms with Gasteiger partial charge in [0.15, 0.2) is 11.5 Å². The molecule has 3 heterocycles. The van der Waals surface area contributed by atoms with Crippen LogP contribution in [0.1, 0.15) is 35.4 Å². The molecule has 3 aromatic rings. The van der Waals surface area contributed by atoms with Gasteiger partial charge in [0, 0.05) is 34.3 Å². The normalized spacial score (nSPS) is 14.9. The molecule has 1 aliphatic rings. The SMILES string of the molecule is COC(=O)c1sc2c(cnc3cc(OCCCN4CCCCC4)c(OC)cc32)c1N. The van der Waals surface area contributed by atoms with E-state index in [4.69, 9.17) is 19.9 Å². The van der Waals surface area contributed by atoms with Crippen molar-refractivity contribution in [2.45, 2.75) is 25.7 Å². The van der Waals surface area contributed by atoms with Crippen LogP contribution in [-0.4, -0.2) is 56.3 Å². The van der Waals surface area contributed by atoms with E-state index in [2.05, 4.69) is 9.88 Å². The highest BCUT2D eigenvalue weighted by Gasteiger charge is 2.20. The number of piperidine rings is 1. The van der Waals surface area contributed by atoms with Crippen LogP contribution >= 0.6 is 11.3 Å². The summed E-state index contributed by atoms with van der Waals surface area (Å²) in [5.74, 6) is 0.872. The zero-order valence-corrected chi connectivity index (χ0v) is 18.2. The van der Waals surface area contributed by atoms with E-state index < -0.39 is 5.97 Å². The third-order valence-corrected chi connectivity index (χ3v) is 6.77. The van der Waals surface area contributed by atoms with E-state index in [0.717, 1.165) is 34.0 Å². The lowest BCUT2D eigenvalue weighted by atomic mass is 10.1. The Morgan fingerprint density at radius 2 is 1.97 bits per heavy atom. The summed E-state index contributed by atoms with van der Waals surface area (Å²) in [5.41, 5.74) is 7.33. The van der Waals surface area contributed by atoms with E-state index in [0.29, 0.717) is 28.7 Å². The fourth-order valence-corrected chi connectivity index (χ4v) is 5.06. The number of carbonyl (C=O) groups is 1. The van der Waals surface area contributed by atoms with Gasteiger partial charge in [-0.1, -0.05) is 6.42 Å². The molecule has 0 atom stereocenters. The molecule has 30 heavy (non-hydrogen) atoms. The zero-order valence-electron chi connectivity index (χ0n) is 17.4. The van der Waals surface area contributed by atoms with Gasteiger partial charge in [-0.3, -0.25) is 4.98 Å². The Morgan fingerprint density at radius 1 is 1.17 bits per heavy atom. The summed E-state index contributed by atoms with van der Waals surface area (Å²) in [5, 5.41) is 1.61. The van der Waals surface area contributed by atoms with E-state index in [9.17, 15) is 4.79 Å². The molecule has 8 heteroatoms. The first-order chi connectivity index (χ1) is 14.6. The zero-order chi connectivity index (χ0) is 21.1. The molecule has 0 bridgehead atoms. The molecule has 160 valence electrons. The number of likely N-dealkylation sites (tertiary alicyclic amines) is 1. The average Bonchev–Trinajstić information content (AvgIpc) is 3.13. The molecule has 0 radical (unpaired) electrons. The van der Waals surface area contributed by atoms with E-state index in [1.165, 1.54) is 50.8 Å². The smallest absolute Gasteiger partial charge is 0.350 e. The number of thiophene rings is 1. The van der Waals surface area contributed by atoms with Gasteiger partial charge in [-0.05, 0) is 38.4 Å². The Balaban J connectivity index is 1.57. The van der Waals surface area contributed by atoms with Gasteiger partial charge < -0.3 is 24.8 Å². The fourth-order valence-electron chi connectivity index (χ4n) is 3.93. The predicted molar refractivity (Wildman–Crippen MR) is 120 cm³/mol. The second-order valence-electron chi connectivity index (χ2n) is 7.46. The lowest BCUT2D eigenvalue weighted by Gasteiger charge is -2.26. The molecule has 1 aromatic carbocycles. The van der Waals surface area contributed by atoms with Gasteiger partial charge in [-0.2, -0.15) is 0 Å². The van der Waals surface area contributed by atoms with E-state index >= 15 is 0 Å². The van der Waals surface area contributed by atoms with Gasteiger partial charge >= 0.3 is 5.97 Å². The molecule has 2 aromatic heterocycles. The Morgan fingerprint density at radius 3 is 2.70 bits per heavy atom. The van der Waals surface area contributed by atoms with Crippen LogP contribution in [0.4, 0.5) is 5.69 Å². The van der Waals surface area contributed by atoms with Crippen LogP contribution in [0.5, 0.6) is 11.5 Å². The number of anilines is 1. The Kier molecular flexibility index (Phi) is 6.24. The number of esters is 1. The Bertz CT molecular complexity index is 1060. The number of aromatic nitrogens is 1. The van der Waals surface area contributed by atoms with Gasteiger partial charge in [0.2, 0.25) is 0 Å². The molecule has 0 unspecified atom stereocenters. The number of nitrogens with two attached hydrogens (primary N) is 1. The molecule has 1 saturated heterocycles. The number of hydrogen-bond donors (Lipinski definition) is 1. The second-order valence-corrected chi connectivity index (χ2v) is 8.48. The van der Waals surface area contributed by atoms with Crippen molar-refractivity contribution in [1.82, 2.24) is 9.88 Å². The maximum absolute atomic E-state index is 12.0. The quantitative estimate of drug-likeness (QED) is 0.447. The van der Waals surface area contributed by atoms with Crippen molar-refractivity contribution < 1.29 is 19.0 Å². The highest BCUT2D eigenvalue weighted by atomic mass is 32.1. The molecule has 4 rings (SSSR count). The summed E-state index contributed by atoms with van der Waals surface area (Å²) in [6.07, 6.45) is 6.60. The second kappa shape index (κ2) is 9.06. The molecule has 0 saturated carbocycles. The topological polar surface area (TPSA) is 86.9 Å². The van der Waals surface area contributed by atoms with Crippen molar-refractivity contribution in [3.63, 3.8) is 0 Å². The van der Waals surface area contributed by atoms with Crippen LogP contribution in [-0.2, 0) is 4.74 Å². The number of rotatable bonds is 7. The van der Waals surface area contributed by atoms with Crippen LogP contribution < -0.4 is 15.2 Å². The van der Waals surface area contributed by atoms with Crippen molar-refractivity contribution in [3.8, 4) is 11.5 Å². The molecular weight excluding hydrogens is 402 g/mol. The Labute approximate surface area is 179 Å². The van der Waals surface area contributed by atoms with Crippen LogP contribution in [0.3, 0.4) is 0 Å². The number of carbonyl (C=O) groups excluding carboxylic acids is 1. The van der Waals surface area contributed by atoms with Gasteiger partial charge in [-0.25, -0.2) is 4.79 Å². The number of benzene rings is 1. The minimum atomic E-state index is -0.442. The summed E-state index contributed by atoms with van der Waals surface area (Å²) in [6, 6.07) is 3.80. The van der Waals surface area contributed by atoms with E-state index in [1.807, 2.05) is 12.1 Å². The van der Waals surface area contributed by atoms with Gasteiger partial charge in [0.25, 0.3) is 0 Å². The highest BCUT2D eigenvalue weighted by molar-refractivity contribution is 7.22. The van der Waals surface area contributed by atoms with Crippen LogP contribution in [0, 0.1) is 0 Å². The number of methoxy groups -OCH3 is 2.